The Bertz CT molecular complexity index is 1170. The van der Waals surface area contributed by atoms with Crippen LogP contribution in [0.25, 0.3) is 28.5 Å². The Hall–Kier alpha value is -2.34. The maximum Gasteiger partial charge on any atom is 0.278 e. The van der Waals surface area contributed by atoms with Crippen LogP contribution >= 0.6 is 34.8 Å². The number of rotatable bonds is 5. The maximum atomic E-state index is 6.48. The van der Waals surface area contributed by atoms with Crippen molar-refractivity contribution in [3.8, 4) is 28.5 Å². The second kappa shape index (κ2) is 8.19. The van der Waals surface area contributed by atoms with Gasteiger partial charge in [0.25, 0.3) is 5.89 Å². The van der Waals surface area contributed by atoms with Crippen LogP contribution in [0.15, 0.2) is 47.0 Å². The average Bonchev–Trinajstić information content (AvgIpc) is 3.27. The Morgan fingerprint density at radius 1 is 1.00 bits per heavy atom. The van der Waals surface area contributed by atoms with E-state index >= 15 is 0 Å². The summed E-state index contributed by atoms with van der Waals surface area (Å²) in [7, 11) is 0. The molecule has 148 valence electrons. The molecule has 2 aromatic carbocycles. The minimum Gasteiger partial charge on any atom is -0.332 e. The van der Waals surface area contributed by atoms with Gasteiger partial charge in [0.1, 0.15) is 0 Å². The molecule has 0 aliphatic heterocycles. The van der Waals surface area contributed by atoms with Crippen molar-refractivity contribution in [2.75, 3.05) is 0 Å². The Labute approximate surface area is 183 Å². The number of nitrogens with zero attached hydrogens (tertiary/aromatic N) is 4. The van der Waals surface area contributed by atoms with Gasteiger partial charge in [-0.2, -0.15) is 10.1 Å². The number of aryl methyl sites for hydroxylation is 1. The van der Waals surface area contributed by atoms with Crippen LogP contribution < -0.4 is 0 Å². The van der Waals surface area contributed by atoms with Gasteiger partial charge in [-0.1, -0.05) is 59.0 Å². The van der Waals surface area contributed by atoms with Gasteiger partial charge in [-0.05, 0) is 43.7 Å². The first-order chi connectivity index (χ1) is 14.0. The number of aromatic nitrogens is 4. The van der Waals surface area contributed by atoms with Crippen LogP contribution in [0.3, 0.4) is 0 Å². The molecule has 4 aromatic rings. The topological polar surface area (TPSA) is 56.7 Å². The van der Waals surface area contributed by atoms with Gasteiger partial charge in [-0.25, -0.2) is 4.68 Å². The van der Waals surface area contributed by atoms with Crippen LogP contribution in [-0.2, 0) is 6.42 Å². The lowest BCUT2D eigenvalue weighted by molar-refractivity contribution is 0.420. The Morgan fingerprint density at radius 2 is 1.72 bits per heavy atom. The molecule has 0 aliphatic carbocycles. The van der Waals surface area contributed by atoms with E-state index in [0.717, 1.165) is 29.7 Å². The van der Waals surface area contributed by atoms with Crippen molar-refractivity contribution in [3.05, 3.63) is 68.9 Å². The fourth-order valence-electron chi connectivity index (χ4n) is 3.15. The lowest BCUT2D eigenvalue weighted by atomic mass is 10.1. The van der Waals surface area contributed by atoms with Crippen molar-refractivity contribution >= 4 is 34.8 Å². The van der Waals surface area contributed by atoms with Crippen LogP contribution in [-0.4, -0.2) is 19.9 Å². The average molecular weight is 448 g/mol. The van der Waals surface area contributed by atoms with Crippen LogP contribution in [0.2, 0.25) is 15.1 Å². The second-order valence-electron chi connectivity index (χ2n) is 6.60. The maximum absolute atomic E-state index is 6.48. The summed E-state index contributed by atoms with van der Waals surface area (Å²) in [5.41, 5.74) is 3.99. The molecular weight excluding hydrogens is 431 g/mol. The molecule has 0 amide bonds. The van der Waals surface area contributed by atoms with E-state index in [2.05, 4.69) is 17.1 Å². The molecule has 0 bridgehead atoms. The van der Waals surface area contributed by atoms with E-state index in [1.54, 1.807) is 16.8 Å². The predicted molar refractivity (Wildman–Crippen MR) is 116 cm³/mol. The second-order valence-corrected chi connectivity index (χ2v) is 7.88. The number of benzene rings is 2. The molecule has 2 aromatic heterocycles. The Morgan fingerprint density at radius 3 is 2.41 bits per heavy atom. The quantitative estimate of drug-likeness (QED) is 0.337. The minimum atomic E-state index is 0.380. The zero-order valence-electron chi connectivity index (χ0n) is 15.8. The molecule has 2 heterocycles. The third-order valence-electron chi connectivity index (χ3n) is 4.52. The van der Waals surface area contributed by atoms with E-state index in [0.29, 0.717) is 38.2 Å². The molecule has 8 heteroatoms. The summed E-state index contributed by atoms with van der Waals surface area (Å²) in [4.78, 5) is 4.49. The highest BCUT2D eigenvalue weighted by Gasteiger charge is 2.23. The van der Waals surface area contributed by atoms with Crippen molar-refractivity contribution in [1.82, 2.24) is 19.9 Å². The highest BCUT2D eigenvalue weighted by atomic mass is 35.5. The van der Waals surface area contributed by atoms with Crippen molar-refractivity contribution in [2.24, 2.45) is 0 Å². The third kappa shape index (κ3) is 3.90. The van der Waals surface area contributed by atoms with E-state index in [9.17, 15) is 0 Å². The van der Waals surface area contributed by atoms with Crippen molar-refractivity contribution < 1.29 is 4.52 Å². The molecule has 29 heavy (non-hydrogen) atoms. The summed E-state index contributed by atoms with van der Waals surface area (Å²) in [6.07, 6.45) is 1.68. The van der Waals surface area contributed by atoms with Crippen LogP contribution in [0.5, 0.6) is 0 Å². The molecular formula is C21H17Cl3N4O. The Balaban J connectivity index is 1.93. The molecule has 0 N–H and O–H groups in total. The standard InChI is InChI=1S/C21H17Cl3N4O/c1-3-4-18-25-21(29-27-18)19-12(2)20(13-5-7-14(22)8-6-13)28(26-19)17-10-9-15(23)11-16(17)24/h5-11H,3-4H2,1-2H3. The summed E-state index contributed by atoms with van der Waals surface area (Å²) < 4.78 is 7.25. The zero-order chi connectivity index (χ0) is 20.5. The first kappa shape index (κ1) is 20.0. The summed E-state index contributed by atoms with van der Waals surface area (Å²) in [5.74, 6) is 1.04. The van der Waals surface area contributed by atoms with Crippen LogP contribution in [0.4, 0.5) is 0 Å². The fraction of sp³-hybridized carbons (Fsp3) is 0.190. The first-order valence-corrected chi connectivity index (χ1v) is 10.2. The number of halogens is 3. The normalized spacial score (nSPS) is 11.2. The Kier molecular flexibility index (Phi) is 5.63. The summed E-state index contributed by atoms with van der Waals surface area (Å²) in [5, 5.41) is 10.5. The molecule has 0 fully saturated rings. The molecule has 0 unspecified atom stereocenters. The third-order valence-corrected chi connectivity index (χ3v) is 5.31. The van der Waals surface area contributed by atoms with Gasteiger partial charge in [-0.3, -0.25) is 0 Å². The lowest BCUT2D eigenvalue weighted by Gasteiger charge is -2.11. The molecule has 0 spiro atoms. The van der Waals surface area contributed by atoms with Crippen molar-refractivity contribution in [1.29, 1.82) is 0 Å². The number of hydrogen-bond donors (Lipinski definition) is 0. The molecule has 0 saturated heterocycles. The van der Waals surface area contributed by atoms with E-state index < -0.39 is 0 Å². The van der Waals surface area contributed by atoms with E-state index in [-0.39, 0.29) is 0 Å². The highest BCUT2D eigenvalue weighted by molar-refractivity contribution is 6.35. The van der Waals surface area contributed by atoms with E-state index in [1.807, 2.05) is 37.3 Å². The van der Waals surface area contributed by atoms with Gasteiger partial charge in [-0.15, -0.1) is 0 Å². The highest BCUT2D eigenvalue weighted by Crippen LogP contribution is 2.36. The smallest absolute Gasteiger partial charge is 0.278 e. The van der Waals surface area contributed by atoms with Gasteiger partial charge in [0.15, 0.2) is 11.5 Å². The van der Waals surface area contributed by atoms with Crippen molar-refractivity contribution in [2.45, 2.75) is 26.7 Å². The molecule has 0 aliphatic rings. The van der Waals surface area contributed by atoms with Gasteiger partial charge >= 0.3 is 0 Å². The fourth-order valence-corrected chi connectivity index (χ4v) is 3.76. The molecule has 5 nitrogen and oxygen atoms in total. The zero-order valence-corrected chi connectivity index (χ0v) is 18.1. The van der Waals surface area contributed by atoms with E-state index in [4.69, 9.17) is 44.4 Å². The van der Waals surface area contributed by atoms with Crippen LogP contribution in [0, 0.1) is 6.92 Å². The molecule has 4 rings (SSSR count). The lowest BCUT2D eigenvalue weighted by Crippen LogP contribution is -2.00. The monoisotopic (exact) mass is 446 g/mol. The SMILES string of the molecule is CCCc1noc(-c2nn(-c3ccc(Cl)cc3Cl)c(-c3ccc(Cl)cc3)c2C)n1. The van der Waals surface area contributed by atoms with E-state index in [1.165, 1.54) is 0 Å². The first-order valence-electron chi connectivity index (χ1n) is 9.12. The summed E-state index contributed by atoms with van der Waals surface area (Å²) in [6, 6.07) is 12.8. The van der Waals surface area contributed by atoms with Gasteiger partial charge in [0.2, 0.25) is 0 Å². The molecule has 0 radical (unpaired) electrons. The van der Waals surface area contributed by atoms with Crippen molar-refractivity contribution in [3.63, 3.8) is 0 Å². The minimum absolute atomic E-state index is 0.380. The summed E-state index contributed by atoms with van der Waals surface area (Å²) >= 11 is 18.6. The van der Waals surface area contributed by atoms with Gasteiger partial charge in [0.05, 0.1) is 16.4 Å². The predicted octanol–water partition coefficient (Wildman–Crippen LogP) is 6.81. The molecule has 0 saturated carbocycles. The molecule has 0 atom stereocenters. The largest absolute Gasteiger partial charge is 0.332 e. The number of hydrogen-bond acceptors (Lipinski definition) is 4. The van der Waals surface area contributed by atoms with Gasteiger partial charge in [0, 0.05) is 27.6 Å². The van der Waals surface area contributed by atoms with Crippen LogP contribution in [0.1, 0.15) is 24.7 Å². The summed E-state index contributed by atoms with van der Waals surface area (Å²) in [6.45, 7) is 4.04. The van der Waals surface area contributed by atoms with Gasteiger partial charge < -0.3 is 4.52 Å².